The maximum absolute atomic E-state index is 3.80. The Morgan fingerprint density at radius 3 is 1.58 bits per heavy atom. The molecule has 0 heterocycles. The first-order valence-electron chi connectivity index (χ1n) is 13.1. The summed E-state index contributed by atoms with van der Waals surface area (Å²) in [5, 5.41) is 3.80. The third-order valence-electron chi connectivity index (χ3n) is 7.72. The van der Waals surface area contributed by atoms with Gasteiger partial charge in [-0.05, 0) is 63.2 Å². The number of fused-ring (bicyclic) bond motifs is 3. The smallest absolute Gasteiger partial charge is 0.0714 e. The number of nitrogens with one attached hydrogen (secondary N) is 1. The molecule has 38 heavy (non-hydrogen) atoms. The van der Waals surface area contributed by atoms with Crippen LogP contribution in [0.3, 0.4) is 0 Å². The molecule has 0 spiro atoms. The van der Waals surface area contributed by atoms with Crippen LogP contribution >= 0.6 is 0 Å². The summed E-state index contributed by atoms with van der Waals surface area (Å²) < 4.78 is 0. The Balaban J connectivity index is 1.62. The molecule has 7 rings (SSSR count). The van der Waals surface area contributed by atoms with Crippen LogP contribution < -0.4 is 5.32 Å². The van der Waals surface area contributed by atoms with Crippen LogP contribution in [-0.2, 0) is 5.41 Å². The molecule has 1 heteroatoms. The minimum atomic E-state index is -0.438. The fraction of sp³-hybridized carbons (Fsp3) is 0.0270. The summed E-state index contributed by atoms with van der Waals surface area (Å²) in [6.07, 6.45) is 0. The molecule has 0 saturated heterocycles. The summed E-state index contributed by atoms with van der Waals surface area (Å²) in [5.41, 5.74) is 11.9. The molecule has 1 aliphatic carbocycles. The van der Waals surface area contributed by atoms with E-state index in [4.69, 9.17) is 0 Å². The Bertz CT molecular complexity index is 1670. The summed E-state index contributed by atoms with van der Waals surface area (Å²) in [5.74, 6) is 0. The highest BCUT2D eigenvalue weighted by Crippen LogP contribution is 2.59. The SMILES string of the molecule is c1ccc(Nc2cc(-c3ccccc3)cc3c2-c2ccccc2C3(c2ccccc2)c2ccccc2)cc1. The third kappa shape index (κ3) is 3.48. The normalized spacial score (nSPS) is 12.9. The lowest BCUT2D eigenvalue weighted by Gasteiger charge is -2.34. The van der Waals surface area contributed by atoms with Crippen LogP contribution in [0.2, 0.25) is 0 Å². The van der Waals surface area contributed by atoms with E-state index in [2.05, 4.69) is 163 Å². The fourth-order valence-corrected chi connectivity index (χ4v) is 6.14. The zero-order valence-electron chi connectivity index (χ0n) is 21.0. The first-order valence-corrected chi connectivity index (χ1v) is 13.1. The van der Waals surface area contributed by atoms with E-state index in [1.54, 1.807) is 0 Å². The Labute approximate surface area is 224 Å². The van der Waals surface area contributed by atoms with E-state index >= 15 is 0 Å². The van der Waals surface area contributed by atoms with Gasteiger partial charge in [-0.25, -0.2) is 0 Å². The predicted octanol–water partition coefficient (Wildman–Crippen LogP) is 9.46. The Hall–Kier alpha value is -4.88. The van der Waals surface area contributed by atoms with Gasteiger partial charge in [0.15, 0.2) is 0 Å². The van der Waals surface area contributed by atoms with E-state index in [-0.39, 0.29) is 0 Å². The number of anilines is 2. The van der Waals surface area contributed by atoms with Crippen LogP contribution in [0.15, 0.2) is 158 Å². The first-order chi connectivity index (χ1) is 18.9. The lowest BCUT2D eigenvalue weighted by Crippen LogP contribution is -2.28. The van der Waals surface area contributed by atoms with Crippen molar-refractivity contribution in [1.29, 1.82) is 0 Å². The summed E-state index contributed by atoms with van der Waals surface area (Å²) in [4.78, 5) is 0. The van der Waals surface area contributed by atoms with E-state index in [0.717, 1.165) is 11.4 Å². The monoisotopic (exact) mass is 485 g/mol. The molecule has 0 fully saturated rings. The minimum absolute atomic E-state index is 0.438. The zero-order chi connectivity index (χ0) is 25.4. The summed E-state index contributed by atoms with van der Waals surface area (Å²) in [7, 11) is 0. The van der Waals surface area contributed by atoms with Gasteiger partial charge in [-0.15, -0.1) is 0 Å². The molecule has 6 aromatic carbocycles. The van der Waals surface area contributed by atoms with Crippen molar-refractivity contribution in [2.24, 2.45) is 0 Å². The van der Waals surface area contributed by atoms with Gasteiger partial charge < -0.3 is 5.32 Å². The highest BCUT2D eigenvalue weighted by atomic mass is 14.9. The average Bonchev–Trinajstić information content (AvgIpc) is 3.30. The second kappa shape index (κ2) is 9.21. The van der Waals surface area contributed by atoms with E-state index in [1.165, 1.54) is 44.5 Å². The van der Waals surface area contributed by atoms with Gasteiger partial charge in [-0.2, -0.15) is 0 Å². The Morgan fingerprint density at radius 2 is 0.947 bits per heavy atom. The van der Waals surface area contributed by atoms with Gasteiger partial charge >= 0.3 is 0 Å². The van der Waals surface area contributed by atoms with Crippen LogP contribution in [-0.4, -0.2) is 0 Å². The van der Waals surface area contributed by atoms with Crippen LogP contribution in [0, 0.1) is 0 Å². The highest BCUT2D eigenvalue weighted by molar-refractivity contribution is 5.96. The van der Waals surface area contributed by atoms with Gasteiger partial charge in [-0.1, -0.05) is 133 Å². The molecule has 0 amide bonds. The maximum atomic E-state index is 3.80. The van der Waals surface area contributed by atoms with Crippen molar-refractivity contribution < 1.29 is 0 Å². The molecule has 1 N–H and O–H groups in total. The van der Waals surface area contributed by atoms with Gasteiger partial charge in [-0.3, -0.25) is 0 Å². The number of hydrogen-bond donors (Lipinski definition) is 1. The fourth-order valence-electron chi connectivity index (χ4n) is 6.14. The molecule has 0 saturated carbocycles. The van der Waals surface area contributed by atoms with Gasteiger partial charge in [0.25, 0.3) is 0 Å². The molecule has 1 aliphatic rings. The van der Waals surface area contributed by atoms with Crippen molar-refractivity contribution in [2.75, 3.05) is 5.32 Å². The van der Waals surface area contributed by atoms with Gasteiger partial charge in [0.2, 0.25) is 0 Å². The topological polar surface area (TPSA) is 12.0 Å². The van der Waals surface area contributed by atoms with E-state index in [0.29, 0.717) is 0 Å². The molecule has 1 nitrogen and oxygen atoms in total. The molecule has 0 bridgehead atoms. The number of benzene rings is 6. The van der Waals surface area contributed by atoms with Crippen LogP contribution in [0.4, 0.5) is 11.4 Å². The number of para-hydroxylation sites is 1. The second-order valence-corrected chi connectivity index (χ2v) is 9.83. The van der Waals surface area contributed by atoms with E-state index in [9.17, 15) is 0 Å². The van der Waals surface area contributed by atoms with Crippen molar-refractivity contribution in [3.05, 3.63) is 180 Å². The van der Waals surface area contributed by atoms with Crippen molar-refractivity contribution in [3.8, 4) is 22.3 Å². The molecule has 0 atom stereocenters. The average molecular weight is 486 g/mol. The molecule has 0 unspecified atom stereocenters. The summed E-state index contributed by atoms with van der Waals surface area (Å²) >= 11 is 0. The molecular formula is C37H27N. The standard InChI is InChI=1S/C37H27N/c1-5-15-27(16-6-1)28-25-34-36(35(26-28)38-31-21-11-4-12-22-31)32-23-13-14-24-33(32)37(34,29-17-7-2-8-18-29)30-19-9-3-10-20-30/h1-26,38H. The first kappa shape index (κ1) is 22.3. The quantitative estimate of drug-likeness (QED) is 0.256. The van der Waals surface area contributed by atoms with Crippen LogP contribution in [0.5, 0.6) is 0 Å². The van der Waals surface area contributed by atoms with Gasteiger partial charge in [0.05, 0.1) is 5.41 Å². The van der Waals surface area contributed by atoms with Crippen LogP contribution in [0.25, 0.3) is 22.3 Å². The summed E-state index contributed by atoms with van der Waals surface area (Å²) in [6, 6.07) is 56.8. The largest absolute Gasteiger partial charge is 0.355 e. The van der Waals surface area contributed by atoms with Crippen molar-refractivity contribution in [2.45, 2.75) is 5.41 Å². The minimum Gasteiger partial charge on any atom is -0.355 e. The predicted molar refractivity (Wildman–Crippen MR) is 159 cm³/mol. The van der Waals surface area contributed by atoms with Crippen molar-refractivity contribution in [1.82, 2.24) is 0 Å². The lowest BCUT2D eigenvalue weighted by molar-refractivity contribution is 0.769. The molecule has 0 aromatic heterocycles. The zero-order valence-corrected chi connectivity index (χ0v) is 21.0. The molecule has 0 aliphatic heterocycles. The van der Waals surface area contributed by atoms with Gasteiger partial charge in [0.1, 0.15) is 0 Å². The van der Waals surface area contributed by atoms with Crippen LogP contribution in [0.1, 0.15) is 22.3 Å². The molecule has 180 valence electrons. The second-order valence-electron chi connectivity index (χ2n) is 9.83. The van der Waals surface area contributed by atoms with Crippen molar-refractivity contribution in [3.63, 3.8) is 0 Å². The highest BCUT2D eigenvalue weighted by Gasteiger charge is 2.47. The molecular weight excluding hydrogens is 458 g/mol. The van der Waals surface area contributed by atoms with E-state index in [1.807, 2.05) is 0 Å². The maximum Gasteiger partial charge on any atom is 0.0714 e. The number of hydrogen-bond acceptors (Lipinski definition) is 1. The Morgan fingerprint density at radius 1 is 0.421 bits per heavy atom. The summed E-state index contributed by atoms with van der Waals surface area (Å²) in [6.45, 7) is 0. The molecule has 6 aromatic rings. The molecule has 0 radical (unpaired) electrons. The van der Waals surface area contributed by atoms with Crippen molar-refractivity contribution >= 4 is 11.4 Å². The Kier molecular flexibility index (Phi) is 5.41. The number of rotatable bonds is 5. The third-order valence-corrected chi connectivity index (χ3v) is 7.72. The lowest BCUT2D eigenvalue weighted by atomic mass is 9.67. The van der Waals surface area contributed by atoms with E-state index < -0.39 is 5.41 Å². The van der Waals surface area contributed by atoms with Gasteiger partial charge in [0, 0.05) is 16.9 Å².